The van der Waals surface area contributed by atoms with Crippen LogP contribution in [0.1, 0.15) is 34.8 Å². The minimum absolute atomic E-state index is 0.270. The van der Waals surface area contributed by atoms with Crippen LogP contribution in [-0.4, -0.2) is 33.0 Å². The van der Waals surface area contributed by atoms with Crippen molar-refractivity contribution in [2.24, 2.45) is 7.05 Å². The van der Waals surface area contributed by atoms with Crippen LogP contribution in [0, 0.1) is 11.8 Å². The molecule has 0 saturated carbocycles. The third kappa shape index (κ3) is 4.51. The van der Waals surface area contributed by atoms with Crippen LogP contribution < -0.4 is 5.32 Å². The van der Waals surface area contributed by atoms with Crippen LogP contribution in [0.2, 0.25) is 0 Å². The third-order valence-electron chi connectivity index (χ3n) is 4.27. The number of rotatable bonds is 5. The molecule has 3 aromatic rings. The van der Waals surface area contributed by atoms with Crippen molar-refractivity contribution in [2.75, 3.05) is 0 Å². The molecule has 0 aliphatic carbocycles. The number of aryl methyl sites for hydroxylation is 1. The first-order valence-corrected chi connectivity index (χ1v) is 8.93. The molecule has 0 aliphatic rings. The molecule has 0 radical (unpaired) electrons. The molecule has 1 N–H and O–H groups in total. The Morgan fingerprint density at radius 2 is 1.86 bits per heavy atom. The molecule has 0 saturated heterocycles. The van der Waals surface area contributed by atoms with Gasteiger partial charge in [0.1, 0.15) is 6.29 Å². The lowest BCUT2D eigenvalue weighted by molar-refractivity contribution is -0.109. The second-order valence-corrected chi connectivity index (χ2v) is 6.22. The Morgan fingerprint density at radius 3 is 2.43 bits per heavy atom. The number of aromatic nitrogens is 3. The molecule has 0 unspecified atom stereocenters. The summed E-state index contributed by atoms with van der Waals surface area (Å²) in [7, 11) is 1.87. The van der Waals surface area contributed by atoms with Crippen LogP contribution in [0.15, 0.2) is 54.9 Å². The van der Waals surface area contributed by atoms with E-state index in [0.29, 0.717) is 12.0 Å². The zero-order valence-electron chi connectivity index (χ0n) is 15.7. The van der Waals surface area contributed by atoms with E-state index in [1.807, 2.05) is 32.2 Å². The summed E-state index contributed by atoms with van der Waals surface area (Å²) in [5.41, 5.74) is 3.85. The van der Waals surface area contributed by atoms with Gasteiger partial charge >= 0.3 is 0 Å². The van der Waals surface area contributed by atoms with E-state index >= 15 is 0 Å². The first kappa shape index (κ1) is 19.1. The van der Waals surface area contributed by atoms with Gasteiger partial charge in [-0.05, 0) is 48.9 Å². The fourth-order valence-corrected chi connectivity index (χ4v) is 2.58. The first-order valence-electron chi connectivity index (χ1n) is 8.93. The summed E-state index contributed by atoms with van der Waals surface area (Å²) in [6.07, 6.45) is 4.76. The van der Waals surface area contributed by atoms with Gasteiger partial charge in [-0.15, -0.1) is 0 Å². The van der Waals surface area contributed by atoms with Gasteiger partial charge in [0, 0.05) is 36.1 Å². The Balaban J connectivity index is 1.68. The van der Waals surface area contributed by atoms with Gasteiger partial charge in [-0.3, -0.25) is 14.5 Å². The number of hydrogen-bond donors (Lipinski definition) is 1. The van der Waals surface area contributed by atoms with Crippen LogP contribution in [-0.2, 0) is 11.8 Å². The molecule has 0 fully saturated rings. The number of aldehydes is 1. The van der Waals surface area contributed by atoms with Crippen molar-refractivity contribution in [2.45, 2.75) is 19.4 Å². The number of carbonyl (C=O) groups excluding carboxylic acids is 2. The smallest absolute Gasteiger partial charge is 0.251 e. The molecule has 1 aromatic carbocycles. The van der Waals surface area contributed by atoms with Gasteiger partial charge in [0.05, 0.1) is 17.4 Å². The number of nitrogens with zero attached hydrogens (tertiary/aromatic N) is 3. The summed E-state index contributed by atoms with van der Waals surface area (Å²) in [6, 6.07) is 12.2. The normalized spacial score (nSPS) is 11.2. The number of pyridine rings is 1. The van der Waals surface area contributed by atoms with E-state index in [2.05, 4.69) is 27.2 Å². The summed E-state index contributed by atoms with van der Waals surface area (Å²) in [6.45, 7) is 1.84. The maximum atomic E-state index is 12.1. The Hall–Kier alpha value is -3.72. The molecule has 0 spiro atoms. The molecule has 2 heterocycles. The zero-order chi connectivity index (χ0) is 19.9. The lowest BCUT2D eigenvalue weighted by atomic mass is 10.1. The summed E-state index contributed by atoms with van der Waals surface area (Å²) in [5, 5.41) is 6.81. The maximum absolute atomic E-state index is 12.1. The van der Waals surface area contributed by atoms with Crippen LogP contribution in [0.3, 0.4) is 0 Å². The standard InChI is InChI=1S/C22H20N4O2/c1-3-19(15-27)25-22(28)18-9-6-16(7-10-18)4-5-17-8-11-20(23-14-17)21-12-13-24-26(21)2/h6-15,19H,3H2,1-2H3,(H,25,28)/t19-/m0/s1. The highest BCUT2D eigenvalue weighted by Gasteiger charge is 2.10. The van der Waals surface area contributed by atoms with E-state index in [4.69, 9.17) is 0 Å². The van der Waals surface area contributed by atoms with Crippen LogP contribution in [0.25, 0.3) is 11.4 Å². The minimum Gasteiger partial charge on any atom is -0.343 e. The van der Waals surface area contributed by atoms with E-state index in [0.717, 1.165) is 28.8 Å². The second-order valence-electron chi connectivity index (χ2n) is 6.22. The topological polar surface area (TPSA) is 76.9 Å². The Kier molecular flexibility index (Phi) is 5.97. The molecule has 6 nitrogen and oxygen atoms in total. The van der Waals surface area contributed by atoms with Gasteiger partial charge in [0.15, 0.2) is 0 Å². The van der Waals surface area contributed by atoms with Gasteiger partial charge in [-0.1, -0.05) is 18.8 Å². The van der Waals surface area contributed by atoms with Crippen molar-refractivity contribution >= 4 is 12.2 Å². The van der Waals surface area contributed by atoms with Crippen LogP contribution >= 0.6 is 0 Å². The maximum Gasteiger partial charge on any atom is 0.251 e. The van der Waals surface area contributed by atoms with Crippen molar-refractivity contribution < 1.29 is 9.59 Å². The van der Waals surface area contributed by atoms with Gasteiger partial charge in [0.2, 0.25) is 0 Å². The fourth-order valence-electron chi connectivity index (χ4n) is 2.58. The fraction of sp³-hybridized carbons (Fsp3) is 0.182. The molecular weight excluding hydrogens is 352 g/mol. The predicted molar refractivity (Wildman–Crippen MR) is 106 cm³/mol. The molecule has 6 heteroatoms. The van der Waals surface area contributed by atoms with Gasteiger partial charge in [-0.2, -0.15) is 5.10 Å². The first-order chi connectivity index (χ1) is 13.6. The monoisotopic (exact) mass is 372 g/mol. The molecule has 0 bridgehead atoms. The summed E-state index contributed by atoms with van der Waals surface area (Å²) >= 11 is 0. The SMILES string of the molecule is CC[C@@H](C=O)NC(=O)c1ccc(C#Cc2ccc(-c3ccnn3C)nc2)cc1. The van der Waals surface area contributed by atoms with E-state index in [1.54, 1.807) is 41.3 Å². The molecular formula is C22H20N4O2. The van der Waals surface area contributed by atoms with E-state index in [-0.39, 0.29) is 5.91 Å². The molecule has 1 atom stereocenters. The average Bonchev–Trinajstić information content (AvgIpc) is 3.17. The number of benzene rings is 1. The Bertz CT molecular complexity index is 1020. The quantitative estimate of drug-likeness (QED) is 0.552. The predicted octanol–water partition coefficient (Wildman–Crippen LogP) is 2.59. The molecule has 3 rings (SSSR count). The van der Waals surface area contributed by atoms with E-state index < -0.39 is 6.04 Å². The number of carbonyl (C=O) groups is 2. The van der Waals surface area contributed by atoms with E-state index in [1.165, 1.54) is 0 Å². The number of amides is 1. The lowest BCUT2D eigenvalue weighted by Gasteiger charge is -2.10. The van der Waals surface area contributed by atoms with E-state index in [9.17, 15) is 9.59 Å². The summed E-state index contributed by atoms with van der Waals surface area (Å²) in [5.74, 6) is 5.86. The molecule has 28 heavy (non-hydrogen) atoms. The van der Waals surface area contributed by atoms with Crippen LogP contribution in [0.5, 0.6) is 0 Å². The number of nitrogens with one attached hydrogen (secondary N) is 1. The van der Waals surface area contributed by atoms with Crippen LogP contribution in [0.4, 0.5) is 0 Å². The van der Waals surface area contributed by atoms with Crippen molar-refractivity contribution in [3.05, 3.63) is 71.5 Å². The highest BCUT2D eigenvalue weighted by molar-refractivity contribution is 5.95. The Labute approximate surface area is 163 Å². The van der Waals surface area contributed by atoms with Crippen molar-refractivity contribution in [1.29, 1.82) is 0 Å². The largest absolute Gasteiger partial charge is 0.343 e. The lowest BCUT2D eigenvalue weighted by Crippen LogP contribution is -2.35. The average molecular weight is 372 g/mol. The third-order valence-corrected chi connectivity index (χ3v) is 4.27. The van der Waals surface area contributed by atoms with Crippen molar-refractivity contribution in [3.8, 4) is 23.2 Å². The van der Waals surface area contributed by atoms with Gasteiger partial charge < -0.3 is 10.1 Å². The highest BCUT2D eigenvalue weighted by atomic mass is 16.2. The second kappa shape index (κ2) is 8.78. The Morgan fingerprint density at radius 1 is 1.14 bits per heavy atom. The minimum atomic E-state index is -0.464. The van der Waals surface area contributed by atoms with Gasteiger partial charge in [0.25, 0.3) is 5.91 Å². The molecule has 2 aromatic heterocycles. The molecule has 1 amide bonds. The van der Waals surface area contributed by atoms with Crippen molar-refractivity contribution in [1.82, 2.24) is 20.1 Å². The summed E-state index contributed by atoms with van der Waals surface area (Å²) in [4.78, 5) is 27.4. The number of hydrogen-bond acceptors (Lipinski definition) is 4. The van der Waals surface area contributed by atoms with Crippen molar-refractivity contribution in [3.63, 3.8) is 0 Å². The summed E-state index contributed by atoms with van der Waals surface area (Å²) < 4.78 is 1.77. The zero-order valence-corrected chi connectivity index (χ0v) is 15.7. The van der Waals surface area contributed by atoms with Gasteiger partial charge in [-0.25, -0.2) is 0 Å². The highest BCUT2D eigenvalue weighted by Crippen LogP contribution is 2.15. The molecule has 140 valence electrons. The molecule has 0 aliphatic heterocycles.